The first-order chi connectivity index (χ1) is 20.1. The SMILES string of the molecule is CCC=CCC=CCC=CCC=CCCCCC(=O)OCC(CO)OC(=O)CCCCCCCCCCCCCC. The average molecular weight is 575 g/mol. The predicted octanol–water partition coefficient (Wildman–Crippen LogP) is 9.89. The highest BCUT2D eigenvalue weighted by atomic mass is 16.6. The lowest BCUT2D eigenvalue weighted by Gasteiger charge is -2.15. The number of allylic oxidation sites excluding steroid dienone is 8. The first kappa shape index (κ1) is 38.9. The lowest BCUT2D eigenvalue weighted by molar-refractivity contribution is -0.161. The molecule has 0 aliphatic rings. The highest BCUT2D eigenvalue weighted by Gasteiger charge is 2.16. The summed E-state index contributed by atoms with van der Waals surface area (Å²) in [6.07, 6.45) is 38.8. The highest BCUT2D eigenvalue weighted by Crippen LogP contribution is 2.13. The van der Waals surface area contributed by atoms with Gasteiger partial charge < -0.3 is 14.6 Å². The molecule has 0 amide bonds. The number of ether oxygens (including phenoxy) is 2. The van der Waals surface area contributed by atoms with Crippen molar-refractivity contribution in [2.24, 2.45) is 0 Å². The molecule has 0 heterocycles. The van der Waals surface area contributed by atoms with E-state index in [-0.39, 0.29) is 25.2 Å². The first-order valence-corrected chi connectivity index (χ1v) is 16.7. The van der Waals surface area contributed by atoms with Crippen molar-refractivity contribution in [3.05, 3.63) is 48.6 Å². The molecular weight excluding hydrogens is 512 g/mol. The van der Waals surface area contributed by atoms with Crippen LogP contribution in [0.2, 0.25) is 0 Å². The van der Waals surface area contributed by atoms with Gasteiger partial charge in [0.05, 0.1) is 6.61 Å². The van der Waals surface area contributed by atoms with E-state index in [1.54, 1.807) is 0 Å². The van der Waals surface area contributed by atoms with Crippen LogP contribution in [-0.2, 0) is 19.1 Å². The Morgan fingerprint density at radius 1 is 0.585 bits per heavy atom. The van der Waals surface area contributed by atoms with Crippen LogP contribution in [0.1, 0.15) is 149 Å². The molecule has 0 saturated heterocycles. The Bertz CT molecular complexity index is 707. The smallest absolute Gasteiger partial charge is 0.306 e. The third-order valence-corrected chi connectivity index (χ3v) is 6.89. The number of carbonyl (C=O) groups is 2. The molecule has 0 aromatic rings. The molecule has 0 aromatic heterocycles. The number of aliphatic hydroxyl groups excluding tert-OH is 1. The molecule has 1 atom stereocenters. The molecule has 41 heavy (non-hydrogen) atoms. The summed E-state index contributed by atoms with van der Waals surface area (Å²) in [7, 11) is 0. The van der Waals surface area contributed by atoms with E-state index < -0.39 is 6.10 Å². The Hall–Kier alpha value is -2.14. The minimum absolute atomic E-state index is 0.0869. The van der Waals surface area contributed by atoms with E-state index in [1.807, 2.05) is 0 Å². The lowest BCUT2D eigenvalue weighted by Crippen LogP contribution is -2.28. The Morgan fingerprint density at radius 3 is 1.59 bits per heavy atom. The van der Waals surface area contributed by atoms with Crippen LogP contribution in [0.4, 0.5) is 0 Å². The molecule has 0 spiro atoms. The molecule has 0 rings (SSSR count). The van der Waals surface area contributed by atoms with Gasteiger partial charge in [0.25, 0.3) is 0 Å². The van der Waals surface area contributed by atoms with Crippen LogP contribution in [0, 0.1) is 0 Å². The molecule has 0 fully saturated rings. The number of hydrogen-bond acceptors (Lipinski definition) is 5. The van der Waals surface area contributed by atoms with Gasteiger partial charge in [-0.25, -0.2) is 0 Å². The Kier molecular flexibility index (Phi) is 30.7. The monoisotopic (exact) mass is 574 g/mol. The van der Waals surface area contributed by atoms with E-state index >= 15 is 0 Å². The van der Waals surface area contributed by atoms with Gasteiger partial charge in [-0.1, -0.05) is 133 Å². The van der Waals surface area contributed by atoms with Crippen molar-refractivity contribution in [1.82, 2.24) is 0 Å². The summed E-state index contributed by atoms with van der Waals surface area (Å²) in [5, 5.41) is 9.49. The molecule has 5 nitrogen and oxygen atoms in total. The van der Waals surface area contributed by atoms with Crippen LogP contribution in [0.15, 0.2) is 48.6 Å². The van der Waals surface area contributed by atoms with Crippen molar-refractivity contribution < 1.29 is 24.2 Å². The maximum Gasteiger partial charge on any atom is 0.306 e. The third kappa shape index (κ3) is 30.6. The van der Waals surface area contributed by atoms with Crippen LogP contribution in [0.25, 0.3) is 0 Å². The van der Waals surface area contributed by atoms with Crippen molar-refractivity contribution in [3.63, 3.8) is 0 Å². The van der Waals surface area contributed by atoms with Gasteiger partial charge in [-0.3, -0.25) is 9.59 Å². The van der Waals surface area contributed by atoms with Crippen LogP contribution < -0.4 is 0 Å². The van der Waals surface area contributed by atoms with Crippen LogP contribution in [0.3, 0.4) is 0 Å². The van der Waals surface area contributed by atoms with Crippen molar-refractivity contribution in [1.29, 1.82) is 0 Å². The maximum absolute atomic E-state index is 12.1. The molecule has 5 heteroatoms. The number of aliphatic hydroxyl groups is 1. The zero-order chi connectivity index (χ0) is 30.1. The number of unbranched alkanes of at least 4 members (excludes halogenated alkanes) is 13. The van der Waals surface area contributed by atoms with E-state index in [9.17, 15) is 14.7 Å². The fourth-order valence-electron chi connectivity index (χ4n) is 4.37. The molecule has 0 saturated carbocycles. The predicted molar refractivity (Wildman–Crippen MR) is 173 cm³/mol. The van der Waals surface area contributed by atoms with Crippen molar-refractivity contribution in [2.75, 3.05) is 13.2 Å². The first-order valence-electron chi connectivity index (χ1n) is 16.7. The van der Waals surface area contributed by atoms with Gasteiger partial charge >= 0.3 is 11.9 Å². The van der Waals surface area contributed by atoms with E-state index in [2.05, 4.69) is 62.5 Å². The number of rotatable bonds is 29. The van der Waals surface area contributed by atoms with E-state index in [4.69, 9.17) is 9.47 Å². The highest BCUT2D eigenvalue weighted by molar-refractivity contribution is 5.70. The van der Waals surface area contributed by atoms with Gasteiger partial charge in [0, 0.05) is 12.8 Å². The van der Waals surface area contributed by atoms with Gasteiger partial charge in [-0.2, -0.15) is 0 Å². The standard InChI is InChI=1S/C36H62O5/c1-3-5-7-9-11-13-15-17-18-19-21-22-24-26-28-30-35(38)40-33-34(32-37)41-36(39)31-29-27-25-23-20-16-14-12-10-8-6-4-2/h5,7,11,13,17-18,21-22,34,37H,3-4,6,8-10,12,14-16,19-20,23-33H2,1-2H3. The lowest BCUT2D eigenvalue weighted by atomic mass is 10.0. The van der Waals surface area contributed by atoms with Crippen molar-refractivity contribution in [3.8, 4) is 0 Å². The summed E-state index contributed by atoms with van der Waals surface area (Å²) in [6, 6.07) is 0. The summed E-state index contributed by atoms with van der Waals surface area (Å²) in [4.78, 5) is 24.1. The second-order valence-electron chi connectivity index (χ2n) is 10.9. The fraction of sp³-hybridized carbons (Fsp3) is 0.722. The molecule has 0 aliphatic carbocycles. The molecule has 0 bridgehead atoms. The van der Waals surface area contributed by atoms with E-state index in [1.165, 1.54) is 57.8 Å². The molecular formula is C36H62O5. The van der Waals surface area contributed by atoms with Gasteiger partial charge in [0.2, 0.25) is 0 Å². The zero-order valence-corrected chi connectivity index (χ0v) is 26.5. The summed E-state index contributed by atoms with van der Waals surface area (Å²) in [5.41, 5.74) is 0. The van der Waals surface area contributed by atoms with Crippen molar-refractivity contribution >= 4 is 11.9 Å². The molecule has 0 aliphatic heterocycles. The topological polar surface area (TPSA) is 72.8 Å². The van der Waals surface area contributed by atoms with Crippen molar-refractivity contribution in [2.45, 2.75) is 155 Å². The Labute approximate surface area is 252 Å². The molecule has 1 unspecified atom stereocenters. The van der Waals surface area contributed by atoms with Gasteiger partial charge in [0.15, 0.2) is 6.10 Å². The fourth-order valence-corrected chi connectivity index (χ4v) is 4.37. The minimum atomic E-state index is -0.784. The minimum Gasteiger partial charge on any atom is -0.462 e. The number of carbonyl (C=O) groups excluding carboxylic acids is 2. The van der Waals surface area contributed by atoms with Crippen LogP contribution >= 0.6 is 0 Å². The summed E-state index contributed by atoms with van der Waals surface area (Å²) in [6.45, 7) is 3.96. The van der Waals surface area contributed by atoms with Gasteiger partial charge in [-0.05, 0) is 51.4 Å². The Morgan fingerprint density at radius 2 is 1.05 bits per heavy atom. The molecule has 1 N–H and O–H groups in total. The van der Waals surface area contributed by atoms with Gasteiger partial charge in [0.1, 0.15) is 6.61 Å². The number of esters is 2. The summed E-state index contributed by atoms with van der Waals surface area (Å²) >= 11 is 0. The summed E-state index contributed by atoms with van der Waals surface area (Å²) < 4.78 is 10.5. The summed E-state index contributed by atoms with van der Waals surface area (Å²) in [5.74, 6) is -0.643. The number of hydrogen-bond donors (Lipinski definition) is 1. The Balaban J connectivity index is 3.68. The second-order valence-corrected chi connectivity index (χ2v) is 10.9. The second kappa shape index (κ2) is 32.4. The molecule has 0 radical (unpaired) electrons. The normalized spacial score (nSPS) is 12.8. The quantitative estimate of drug-likeness (QED) is 0.0547. The largest absolute Gasteiger partial charge is 0.462 e. The molecule has 236 valence electrons. The zero-order valence-electron chi connectivity index (χ0n) is 26.5. The third-order valence-electron chi connectivity index (χ3n) is 6.89. The maximum atomic E-state index is 12.1. The van der Waals surface area contributed by atoms with E-state index in [0.717, 1.165) is 64.2 Å². The van der Waals surface area contributed by atoms with Crippen LogP contribution in [-0.4, -0.2) is 36.4 Å². The van der Waals surface area contributed by atoms with E-state index in [0.29, 0.717) is 12.8 Å². The average Bonchev–Trinajstić information content (AvgIpc) is 2.97. The van der Waals surface area contributed by atoms with Crippen LogP contribution in [0.5, 0.6) is 0 Å². The van der Waals surface area contributed by atoms with Gasteiger partial charge in [-0.15, -0.1) is 0 Å². The molecule has 0 aromatic carbocycles.